The first-order valence-electron chi connectivity index (χ1n) is 7.99. The van der Waals surface area contributed by atoms with Crippen LogP contribution in [0.3, 0.4) is 0 Å². The van der Waals surface area contributed by atoms with Crippen molar-refractivity contribution in [3.8, 4) is 0 Å². The molecule has 4 nitrogen and oxygen atoms in total. The summed E-state index contributed by atoms with van der Waals surface area (Å²) in [6, 6.07) is 5.64. The maximum absolute atomic E-state index is 13.8. The van der Waals surface area contributed by atoms with E-state index in [1.807, 2.05) is 13.0 Å². The van der Waals surface area contributed by atoms with E-state index in [0.29, 0.717) is 11.3 Å². The van der Waals surface area contributed by atoms with Crippen molar-refractivity contribution in [2.45, 2.75) is 20.4 Å². The van der Waals surface area contributed by atoms with E-state index in [2.05, 4.69) is 10.4 Å². The number of hydrogen-bond donors (Lipinski definition) is 1. The summed E-state index contributed by atoms with van der Waals surface area (Å²) in [5, 5.41) is 6.51. The number of nitrogens with zero attached hydrogens (tertiary/aromatic N) is 2. The summed E-state index contributed by atoms with van der Waals surface area (Å²) in [4.78, 5) is 12.3. The number of aromatic nitrogens is 2. The van der Waals surface area contributed by atoms with E-state index in [4.69, 9.17) is 0 Å². The van der Waals surface area contributed by atoms with Gasteiger partial charge >= 0.3 is 0 Å². The lowest BCUT2D eigenvalue weighted by atomic mass is 10.1. The zero-order valence-electron chi connectivity index (χ0n) is 14.5. The van der Waals surface area contributed by atoms with Crippen LogP contribution < -0.4 is 5.32 Å². The summed E-state index contributed by atoms with van der Waals surface area (Å²) < 4.78 is 54.9. The molecule has 1 amide bonds. The predicted molar refractivity (Wildman–Crippen MR) is 91.5 cm³/mol. The van der Waals surface area contributed by atoms with Gasteiger partial charge in [0.05, 0.1) is 18.4 Å². The average molecular weight is 377 g/mol. The Kier molecular flexibility index (Phi) is 4.98. The molecule has 8 heteroatoms. The number of amides is 1. The van der Waals surface area contributed by atoms with Crippen molar-refractivity contribution in [3.05, 3.63) is 82.2 Å². The Morgan fingerprint density at radius 2 is 1.81 bits per heavy atom. The average Bonchev–Trinajstić information content (AvgIpc) is 3.03. The Bertz CT molecular complexity index is 1030. The minimum Gasteiger partial charge on any atom is -0.319 e. The van der Waals surface area contributed by atoms with Gasteiger partial charge in [0.25, 0.3) is 5.91 Å². The topological polar surface area (TPSA) is 46.9 Å². The van der Waals surface area contributed by atoms with Crippen molar-refractivity contribution >= 4 is 11.6 Å². The third-order valence-corrected chi connectivity index (χ3v) is 4.05. The standard InChI is InChI=1S/C19H15F4N3O/c1-10-3-4-13(11(2)5-10)19(27)25-12-7-24-26(8-12)9-14-15(20)6-16(21)18(23)17(14)22/h3-8H,9H2,1-2H3,(H,25,27). The monoisotopic (exact) mass is 377 g/mol. The van der Waals surface area contributed by atoms with Gasteiger partial charge in [-0.2, -0.15) is 5.10 Å². The van der Waals surface area contributed by atoms with E-state index >= 15 is 0 Å². The first-order chi connectivity index (χ1) is 12.8. The van der Waals surface area contributed by atoms with E-state index in [-0.39, 0.29) is 12.0 Å². The number of hydrogen-bond acceptors (Lipinski definition) is 2. The Morgan fingerprint density at radius 3 is 2.52 bits per heavy atom. The van der Waals surface area contributed by atoms with Gasteiger partial charge in [-0.25, -0.2) is 17.6 Å². The molecule has 0 saturated heterocycles. The van der Waals surface area contributed by atoms with Crippen molar-refractivity contribution in [2.75, 3.05) is 5.32 Å². The number of aryl methyl sites for hydroxylation is 2. The lowest BCUT2D eigenvalue weighted by molar-refractivity contribution is 0.102. The molecule has 140 valence electrons. The molecule has 0 saturated carbocycles. The third kappa shape index (κ3) is 3.84. The molecule has 2 aromatic carbocycles. The van der Waals surface area contributed by atoms with Gasteiger partial charge in [-0.15, -0.1) is 0 Å². The zero-order chi connectivity index (χ0) is 19.7. The lowest BCUT2D eigenvalue weighted by Crippen LogP contribution is -2.13. The van der Waals surface area contributed by atoms with Crippen molar-refractivity contribution in [3.63, 3.8) is 0 Å². The Balaban J connectivity index is 1.78. The maximum atomic E-state index is 13.8. The summed E-state index contributed by atoms with van der Waals surface area (Å²) in [6.45, 7) is 3.25. The van der Waals surface area contributed by atoms with Gasteiger partial charge in [0.2, 0.25) is 0 Å². The number of halogens is 4. The number of carbonyl (C=O) groups excluding carboxylic acids is 1. The molecule has 27 heavy (non-hydrogen) atoms. The largest absolute Gasteiger partial charge is 0.319 e. The smallest absolute Gasteiger partial charge is 0.256 e. The highest BCUT2D eigenvalue weighted by Gasteiger charge is 2.19. The van der Waals surface area contributed by atoms with Crippen LogP contribution in [0.5, 0.6) is 0 Å². The molecule has 1 heterocycles. The summed E-state index contributed by atoms with van der Waals surface area (Å²) >= 11 is 0. The molecule has 0 atom stereocenters. The fourth-order valence-corrected chi connectivity index (χ4v) is 2.69. The first kappa shape index (κ1) is 18.6. The molecule has 3 aromatic rings. The highest BCUT2D eigenvalue weighted by atomic mass is 19.2. The second-order valence-corrected chi connectivity index (χ2v) is 6.15. The quantitative estimate of drug-likeness (QED) is 0.417. The van der Waals surface area contributed by atoms with Crippen LogP contribution in [0.4, 0.5) is 23.2 Å². The van der Waals surface area contributed by atoms with Gasteiger partial charge in [0.15, 0.2) is 17.5 Å². The summed E-state index contributed by atoms with van der Waals surface area (Å²) in [7, 11) is 0. The molecule has 1 aromatic heterocycles. The van der Waals surface area contributed by atoms with Gasteiger partial charge < -0.3 is 5.32 Å². The van der Waals surface area contributed by atoms with Gasteiger partial charge in [0, 0.05) is 23.4 Å². The van der Waals surface area contributed by atoms with E-state index in [0.717, 1.165) is 15.8 Å². The highest BCUT2D eigenvalue weighted by Crippen LogP contribution is 2.21. The second kappa shape index (κ2) is 7.22. The number of nitrogens with one attached hydrogen (secondary N) is 1. The molecule has 0 bridgehead atoms. The fraction of sp³-hybridized carbons (Fsp3) is 0.158. The van der Waals surface area contributed by atoms with Gasteiger partial charge in [0.1, 0.15) is 5.82 Å². The number of carbonyl (C=O) groups is 1. The summed E-state index contributed by atoms with van der Waals surface area (Å²) in [5.74, 6) is -6.54. The van der Waals surface area contributed by atoms with Crippen LogP contribution in [-0.2, 0) is 6.54 Å². The molecule has 0 unspecified atom stereocenters. The molecule has 1 N–H and O–H groups in total. The van der Waals surface area contributed by atoms with Gasteiger partial charge in [-0.1, -0.05) is 17.7 Å². The van der Waals surface area contributed by atoms with Gasteiger partial charge in [-0.3, -0.25) is 9.48 Å². The van der Waals surface area contributed by atoms with Crippen LogP contribution in [-0.4, -0.2) is 15.7 Å². The Morgan fingerprint density at radius 1 is 1.07 bits per heavy atom. The SMILES string of the molecule is Cc1ccc(C(=O)Nc2cnn(Cc3c(F)cc(F)c(F)c3F)c2)c(C)c1. The van der Waals surface area contributed by atoms with Crippen LogP contribution in [0.15, 0.2) is 36.7 Å². The van der Waals surface area contributed by atoms with Crippen LogP contribution in [0.1, 0.15) is 27.0 Å². The van der Waals surface area contributed by atoms with Crippen molar-refractivity contribution in [1.29, 1.82) is 0 Å². The Hall–Kier alpha value is -3.16. The highest BCUT2D eigenvalue weighted by molar-refractivity contribution is 6.05. The molecule has 0 radical (unpaired) electrons. The minimum atomic E-state index is -1.75. The van der Waals surface area contributed by atoms with E-state index in [1.165, 1.54) is 12.4 Å². The van der Waals surface area contributed by atoms with Crippen molar-refractivity contribution in [2.24, 2.45) is 0 Å². The zero-order valence-corrected chi connectivity index (χ0v) is 14.5. The van der Waals surface area contributed by atoms with Crippen LogP contribution in [0.25, 0.3) is 0 Å². The van der Waals surface area contributed by atoms with E-state index in [9.17, 15) is 22.4 Å². The van der Waals surface area contributed by atoms with Crippen LogP contribution in [0, 0.1) is 37.1 Å². The Labute approximate surface area is 152 Å². The molecule has 0 aliphatic heterocycles. The molecule has 3 rings (SSSR count). The molecule has 0 aliphatic carbocycles. The van der Waals surface area contributed by atoms with Crippen LogP contribution >= 0.6 is 0 Å². The maximum Gasteiger partial charge on any atom is 0.256 e. The van der Waals surface area contributed by atoms with Crippen molar-refractivity contribution < 1.29 is 22.4 Å². The fourth-order valence-electron chi connectivity index (χ4n) is 2.69. The van der Waals surface area contributed by atoms with Crippen molar-refractivity contribution in [1.82, 2.24) is 9.78 Å². The van der Waals surface area contributed by atoms with E-state index < -0.39 is 35.4 Å². The summed E-state index contributed by atoms with van der Waals surface area (Å²) in [5.41, 5.74) is 1.93. The molecular formula is C19H15F4N3O. The van der Waals surface area contributed by atoms with Gasteiger partial charge in [-0.05, 0) is 25.5 Å². The number of benzene rings is 2. The number of anilines is 1. The van der Waals surface area contributed by atoms with E-state index in [1.54, 1.807) is 19.1 Å². The normalized spacial score (nSPS) is 10.9. The third-order valence-electron chi connectivity index (χ3n) is 4.05. The molecular weight excluding hydrogens is 362 g/mol. The molecule has 0 spiro atoms. The molecule has 0 fully saturated rings. The predicted octanol–water partition coefficient (Wildman–Crippen LogP) is 4.36. The second-order valence-electron chi connectivity index (χ2n) is 6.15. The minimum absolute atomic E-state index is 0.278. The van der Waals surface area contributed by atoms with Crippen LogP contribution in [0.2, 0.25) is 0 Å². The lowest BCUT2D eigenvalue weighted by Gasteiger charge is -2.07. The summed E-state index contributed by atoms with van der Waals surface area (Å²) in [6.07, 6.45) is 2.62. The number of rotatable bonds is 4. The molecule has 0 aliphatic rings. The first-order valence-corrected chi connectivity index (χ1v) is 7.99.